The van der Waals surface area contributed by atoms with E-state index < -0.39 is 0 Å². The molecule has 2 aliphatic rings. The summed E-state index contributed by atoms with van der Waals surface area (Å²) in [6.45, 7) is 7.26. The van der Waals surface area contributed by atoms with Gasteiger partial charge in [0, 0.05) is 41.8 Å². The summed E-state index contributed by atoms with van der Waals surface area (Å²) < 4.78 is 0. The summed E-state index contributed by atoms with van der Waals surface area (Å²) in [5, 5.41) is 3.38. The van der Waals surface area contributed by atoms with Gasteiger partial charge in [0.25, 0.3) is 0 Å². The Labute approximate surface area is 219 Å². The second-order valence-electron chi connectivity index (χ2n) is 10.5. The summed E-state index contributed by atoms with van der Waals surface area (Å²) in [7, 11) is 2.05. The Kier molecular flexibility index (Phi) is 7.49. The molecule has 1 saturated carbocycles. The highest BCUT2D eigenvalue weighted by Crippen LogP contribution is 2.49. The van der Waals surface area contributed by atoms with Crippen LogP contribution in [0.15, 0.2) is 65.8 Å². The van der Waals surface area contributed by atoms with Crippen molar-refractivity contribution >= 4 is 17.7 Å². The predicted molar refractivity (Wildman–Crippen MR) is 149 cm³/mol. The normalized spacial score (nSPS) is 23.3. The van der Waals surface area contributed by atoms with E-state index in [9.17, 15) is 4.79 Å². The van der Waals surface area contributed by atoms with E-state index in [0.29, 0.717) is 18.5 Å². The Morgan fingerprint density at radius 2 is 1.72 bits per heavy atom. The third kappa shape index (κ3) is 4.96. The van der Waals surface area contributed by atoms with Crippen LogP contribution in [0.1, 0.15) is 60.8 Å². The second kappa shape index (κ2) is 10.8. The van der Waals surface area contributed by atoms with E-state index in [1.165, 1.54) is 32.7 Å². The van der Waals surface area contributed by atoms with Gasteiger partial charge in [0.05, 0.1) is 5.25 Å². The van der Waals surface area contributed by atoms with E-state index >= 15 is 0 Å². The standard InChI is InChI=1S/C31H37N3OS/c1-20-8-9-21(2)29-28(20)22(3)30(36-29)31(35)34(27-12-10-26(32-4)11-13-27)19-23-6-5-7-25(18-23)24-14-16-33-17-15-24/h5-9,14-18,22,26-27,30,32H,10-13,19H2,1-4H3. The van der Waals surface area contributed by atoms with E-state index in [4.69, 9.17) is 0 Å². The lowest BCUT2D eigenvalue weighted by Gasteiger charge is -2.38. The van der Waals surface area contributed by atoms with Gasteiger partial charge in [-0.1, -0.05) is 37.3 Å². The number of hydrogen-bond donors (Lipinski definition) is 1. The van der Waals surface area contributed by atoms with Crippen LogP contribution in [-0.4, -0.2) is 40.2 Å². The van der Waals surface area contributed by atoms with Gasteiger partial charge in [-0.05, 0) is 98.2 Å². The largest absolute Gasteiger partial charge is 0.334 e. The molecule has 2 unspecified atom stereocenters. The van der Waals surface area contributed by atoms with Gasteiger partial charge in [-0.25, -0.2) is 0 Å². The topological polar surface area (TPSA) is 45.2 Å². The van der Waals surface area contributed by atoms with Crippen LogP contribution in [0.3, 0.4) is 0 Å². The van der Waals surface area contributed by atoms with Gasteiger partial charge >= 0.3 is 0 Å². The number of benzene rings is 2. The van der Waals surface area contributed by atoms with Crippen molar-refractivity contribution in [1.29, 1.82) is 0 Å². The first kappa shape index (κ1) is 25.0. The fraction of sp³-hybridized carbons (Fsp3) is 0.419. The van der Waals surface area contributed by atoms with Crippen LogP contribution < -0.4 is 5.32 Å². The average Bonchev–Trinajstić information content (AvgIpc) is 3.28. The summed E-state index contributed by atoms with van der Waals surface area (Å²) in [4.78, 5) is 22.0. The minimum atomic E-state index is -0.0646. The lowest BCUT2D eigenvalue weighted by molar-refractivity contribution is -0.134. The number of thioether (sulfide) groups is 1. The van der Waals surface area contributed by atoms with Crippen molar-refractivity contribution in [2.75, 3.05) is 7.05 Å². The van der Waals surface area contributed by atoms with Crippen LogP contribution in [0.4, 0.5) is 0 Å². The van der Waals surface area contributed by atoms with Gasteiger partial charge < -0.3 is 10.2 Å². The minimum Gasteiger partial charge on any atom is -0.334 e. The van der Waals surface area contributed by atoms with Gasteiger partial charge in [-0.3, -0.25) is 9.78 Å². The summed E-state index contributed by atoms with van der Waals surface area (Å²) >= 11 is 1.79. The molecule has 0 saturated heterocycles. The fourth-order valence-electron chi connectivity index (χ4n) is 5.99. The predicted octanol–water partition coefficient (Wildman–Crippen LogP) is 6.50. The molecule has 1 aromatic heterocycles. The molecule has 4 nitrogen and oxygen atoms in total. The molecule has 1 N–H and O–H groups in total. The molecule has 2 aromatic carbocycles. The van der Waals surface area contributed by atoms with Gasteiger partial charge in [0.2, 0.25) is 5.91 Å². The molecule has 3 aromatic rings. The minimum absolute atomic E-state index is 0.0646. The first-order chi connectivity index (χ1) is 17.5. The molecule has 1 fully saturated rings. The van der Waals surface area contributed by atoms with Crippen LogP contribution in [0.2, 0.25) is 0 Å². The van der Waals surface area contributed by atoms with Crippen molar-refractivity contribution in [3.63, 3.8) is 0 Å². The number of carbonyl (C=O) groups is 1. The maximum Gasteiger partial charge on any atom is 0.237 e. The van der Waals surface area contributed by atoms with Crippen molar-refractivity contribution < 1.29 is 4.79 Å². The fourth-order valence-corrected chi connectivity index (χ4v) is 7.55. The maximum atomic E-state index is 14.3. The smallest absolute Gasteiger partial charge is 0.237 e. The van der Waals surface area contributed by atoms with Crippen molar-refractivity contribution in [1.82, 2.24) is 15.2 Å². The van der Waals surface area contributed by atoms with E-state index in [2.05, 4.69) is 79.4 Å². The number of aromatic nitrogens is 1. The Hall–Kier alpha value is -2.63. The van der Waals surface area contributed by atoms with E-state index in [0.717, 1.165) is 31.2 Å². The number of carbonyl (C=O) groups excluding carboxylic acids is 1. The van der Waals surface area contributed by atoms with Crippen molar-refractivity contribution in [2.24, 2.45) is 0 Å². The second-order valence-corrected chi connectivity index (χ2v) is 11.6. The molecule has 0 radical (unpaired) electrons. The van der Waals surface area contributed by atoms with Crippen molar-refractivity contribution in [2.45, 2.75) is 81.1 Å². The van der Waals surface area contributed by atoms with Crippen LogP contribution in [0, 0.1) is 13.8 Å². The van der Waals surface area contributed by atoms with Crippen molar-refractivity contribution in [3.05, 3.63) is 83.2 Å². The molecule has 36 heavy (non-hydrogen) atoms. The monoisotopic (exact) mass is 499 g/mol. The SMILES string of the molecule is CNC1CCC(N(Cc2cccc(-c3ccncc3)c2)C(=O)C2Sc3c(C)ccc(C)c3C2C)CC1. The number of aryl methyl sites for hydroxylation is 2. The molecule has 5 rings (SSSR count). The first-order valence-corrected chi connectivity index (χ1v) is 14.1. The van der Waals surface area contributed by atoms with E-state index in [1.807, 2.05) is 24.5 Å². The zero-order valence-corrected chi connectivity index (χ0v) is 22.6. The zero-order chi connectivity index (χ0) is 25.2. The molecule has 1 amide bonds. The molecule has 1 aliphatic carbocycles. The highest BCUT2D eigenvalue weighted by Gasteiger charge is 2.41. The average molecular weight is 500 g/mol. The van der Waals surface area contributed by atoms with Crippen LogP contribution in [0.25, 0.3) is 11.1 Å². The Bertz CT molecular complexity index is 1220. The summed E-state index contributed by atoms with van der Waals surface area (Å²) in [6.07, 6.45) is 8.01. The molecule has 1 aliphatic heterocycles. The molecule has 2 atom stereocenters. The zero-order valence-electron chi connectivity index (χ0n) is 21.8. The number of nitrogens with zero attached hydrogens (tertiary/aromatic N) is 2. The Morgan fingerprint density at radius 3 is 2.42 bits per heavy atom. The maximum absolute atomic E-state index is 14.3. The highest BCUT2D eigenvalue weighted by atomic mass is 32.2. The van der Waals surface area contributed by atoms with E-state index in [1.54, 1.807) is 11.8 Å². The molecular weight excluding hydrogens is 462 g/mol. The number of hydrogen-bond acceptors (Lipinski definition) is 4. The molecule has 188 valence electrons. The summed E-state index contributed by atoms with van der Waals surface area (Å²) in [5.41, 5.74) is 7.47. The number of amides is 1. The van der Waals surface area contributed by atoms with Gasteiger partial charge in [0.15, 0.2) is 0 Å². The number of rotatable bonds is 6. The highest BCUT2D eigenvalue weighted by molar-refractivity contribution is 8.01. The molecule has 5 heteroatoms. The molecule has 0 bridgehead atoms. The number of nitrogens with one attached hydrogen (secondary N) is 1. The quantitative estimate of drug-likeness (QED) is 0.420. The Morgan fingerprint density at radius 1 is 1.00 bits per heavy atom. The summed E-state index contributed by atoms with van der Waals surface area (Å²) in [6, 6.07) is 18.0. The van der Waals surface area contributed by atoms with Gasteiger partial charge in [-0.2, -0.15) is 0 Å². The van der Waals surface area contributed by atoms with E-state index in [-0.39, 0.29) is 17.2 Å². The van der Waals surface area contributed by atoms with Crippen LogP contribution in [-0.2, 0) is 11.3 Å². The number of pyridine rings is 1. The third-order valence-corrected chi connectivity index (χ3v) is 9.77. The molecule has 0 spiro atoms. The van der Waals surface area contributed by atoms with Crippen molar-refractivity contribution in [3.8, 4) is 11.1 Å². The Balaban J connectivity index is 1.43. The molecular formula is C31H37N3OS. The van der Waals surface area contributed by atoms with Crippen LogP contribution >= 0.6 is 11.8 Å². The summed E-state index contributed by atoms with van der Waals surface area (Å²) in [5.74, 6) is 0.515. The third-order valence-electron chi connectivity index (χ3n) is 8.13. The lowest BCUT2D eigenvalue weighted by Crippen LogP contribution is -2.47. The van der Waals surface area contributed by atoms with Crippen LogP contribution in [0.5, 0.6) is 0 Å². The van der Waals surface area contributed by atoms with Gasteiger partial charge in [0.1, 0.15) is 0 Å². The number of fused-ring (bicyclic) bond motifs is 1. The van der Waals surface area contributed by atoms with Gasteiger partial charge in [-0.15, -0.1) is 11.8 Å². The molecule has 2 heterocycles. The lowest BCUT2D eigenvalue weighted by atomic mass is 9.88. The first-order valence-electron chi connectivity index (χ1n) is 13.2.